The second kappa shape index (κ2) is 4.61. The lowest BCUT2D eigenvalue weighted by Gasteiger charge is -2.26. The molecule has 0 unspecified atom stereocenters. The molecular formula is C13H19N. The van der Waals surface area contributed by atoms with E-state index in [-0.39, 0.29) is 0 Å². The largest absolute Gasteiger partial charge is 0.328 e. The van der Waals surface area contributed by atoms with Gasteiger partial charge in [-0.15, -0.1) is 0 Å². The molecular weight excluding hydrogens is 170 g/mol. The minimum absolute atomic E-state index is 0.456. The number of rotatable bonds is 2. The van der Waals surface area contributed by atoms with E-state index in [1.807, 2.05) is 0 Å². The van der Waals surface area contributed by atoms with Crippen LogP contribution in [0.1, 0.15) is 31.2 Å². The molecule has 1 fully saturated rings. The molecule has 14 heavy (non-hydrogen) atoms. The van der Waals surface area contributed by atoms with Gasteiger partial charge in [-0.3, -0.25) is 0 Å². The van der Waals surface area contributed by atoms with Gasteiger partial charge in [0.2, 0.25) is 0 Å². The molecule has 76 valence electrons. The summed E-state index contributed by atoms with van der Waals surface area (Å²) in [7, 11) is 0. The van der Waals surface area contributed by atoms with Crippen molar-refractivity contribution in [1.29, 1.82) is 0 Å². The molecule has 1 heteroatoms. The summed E-state index contributed by atoms with van der Waals surface area (Å²) >= 11 is 0. The molecule has 0 heterocycles. The molecule has 0 radical (unpaired) electrons. The summed E-state index contributed by atoms with van der Waals surface area (Å²) < 4.78 is 0. The SMILES string of the molecule is N[C@@H]1CCC[C@H](Cc2ccccc2)C1. The van der Waals surface area contributed by atoms with Gasteiger partial charge in [-0.1, -0.05) is 43.2 Å². The summed E-state index contributed by atoms with van der Waals surface area (Å²) in [4.78, 5) is 0. The van der Waals surface area contributed by atoms with Gasteiger partial charge in [0.1, 0.15) is 0 Å². The molecule has 0 amide bonds. The van der Waals surface area contributed by atoms with Crippen LogP contribution in [0.4, 0.5) is 0 Å². The number of hydrogen-bond acceptors (Lipinski definition) is 1. The normalized spacial score (nSPS) is 27.5. The molecule has 0 spiro atoms. The van der Waals surface area contributed by atoms with Crippen LogP contribution in [0.5, 0.6) is 0 Å². The maximum atomic E-state index is 5.98. The first kappa shape index (κ1) is 9.72. The smallest absolute Gasteiger partial charge is 0.00415 e. The van der Waals surface area contributed by atoms with Crippen LogP contribution >= 0.6 is 0 Å². The van der Waals surface area contributed by atoms with E-state index in [1.54, 1.807) is 0 Å². The van der Waals surface area contributed by atoms with Crippen molar-refractivity contribution in [2.45, 2.75) is 38.1 Å². The molecule has 2 N–H and O–H groups in total. The third-order valence-electron chi connectivity index (χ3n) is 3.19. The molecule has 1 aliphatic carbocycles. The van der Waals surface area contributed by atoms with Crippen molar-refractivity contribution in [3.8, 4) is 0 Å². The minimum atomic E-state index is 0.456. The van der Waals surface area contributed by atoms with Crippen LogP contribution in [-0.2, 0) is 6.42 Å². The number of nitrogens with two attached hydrogens (primary N) is 1. The summed E-state index contributed by atoms with van der Waals surface area (Å²) in [6, 6.07) is 11.2. The molecule has 0 bridgehead atoms. The lowest BCUT2D eigenvalue weighted by Crippen LogP contribution is -2.28. The third kappa shape index (κ3) is 2.58. The van der Waals surface area contributed by atoms with Crippen LogP contribution in [0.2, 0.25) is 0 Å². The zero-order valence-corrected chi connectivity index (χ0v) is 8.65. The van der Waals surface area contributed by atoms with E-state index in [2.05, 4.69) is 30.3 Å². The topological polar surface area (TPSA) is 26.0 Å². The van der Waals surface area contributed by atoms with Crippen LogP contribution in [0.3, 0.4) is 0 Å². The van der Waals surface area contributed by atoms with E-state index in [0.29, 0.717) is 6.04 Å². The van der Waals surface area contributed by atoms with Crippen molar-refractivity contribution in [3.05, 3.63) is 35.9 Å². The van der Waals surface area contributed by atoms with Gasteiger partial charge in [0.05, 0.1) is 0 Å². The van der Waals surface area contributed by atoms with Crippen LogP contribution in [0, 0.1) is 5.92 Å². The number of hydrogen-bond donors (Lipinski definition) is 1. The maximum absolute atomic E-state index is 5.98. The highest BCUT2D eigenvalue weighted by molar-refractivity contribution is 5.15. The van der Waals surface area contributed by atoms with E-state index in [0.717, 1.165) is 5.92 Å². The van der Waals surface area contributed by atoms with Crippen LogP contribution in [0.15, 0.2) is 30.3 Å². The first-order valence-corrected chi connectivity index (χ1v) is 5.64. The summed E-state index contributed by atoms with van der Waals surface area (Å²) in [6.07, 6.45) is 6.34. The fraction of sp³-hybridized carbons (Fsp3) is 0.538. The predicted molar refractivity (Wildman–Crippen MR) is 60.1 cm³/mol. The van der Waals surface area contributed by atoms with E-state index in [1.165, 1.54) is 37.7 Å². The van der Waals surface area contributed by atoms with Crippen molar-refractivity contribution < 1.29 is 0 Å². The highest BCUT2D eigenvalue weighted by atomic mass is 14.6. The molecule has 1 aromatic carbocycles. The Kier molecular flexibility index (Phi) is 3.20. The Morgan fingerprint density at radius 1 is 1.14 bits per heavy atom. The average molecular weight is 189 g/mol. The highest BCUT2D eigenvalue weighted by Crippen LogP contribution is 2.26. The van der Waals surface area contributed by atoms with Crippen molar-refractivity contribution >= 4 is 0 Å². The molecule has 2 atom stereocenters. The van der Waals surface area contributed by atoms with Crippen molar-refractivity contribution in [3.63, 3.8) is 0 Å². The Bertz CT molecular complexity index is 268. The fourth-order valence-electron chi connectivity index (χ4n) is 2.47. The van der Waals surface area contributed by atoms with E-state index in [4.69, 9.17) is 5.73 Å². The van der Waals surface area contributed by atoms with Crippen LogP contribution < -0.4 is 5.73 Å². The lowest BCUT2D eigenvalue weighted by molar-refractivity contribution is 0.321. The Morgan fingerprint density at radius 3 is 2.64 bits per heavy atom. The van der Waals surface area contributed by atoms with Gasteiger partial charge >= 0.3 is 0 Å². The molecule has 2 rings (SSSR count). The lowest BCUT2D eigenvalue weighted by atomic mass is 9.82. The first-order valence-electron chi connectivity index (χ1n) is 5.64. The summed E-state index contributed by atoms with van der Waals surface area (Å²) in [5.74, 6) is 0.821. The zero-order chi connectivity index (χ0) is 9.80. The second-order valence-corrected chi connectivity index (χ2v) is 4.48. The molecule has 0 saturated heterocycles. The Hall–Kier alpha value is -0.820. The predicted octanol–water partition coefficient (Wildman–Crippen LogP) is 2.75. The standard InChI is InChI=1S/C13H19N/c14-13-8-4-7-12(10-13)9-11-5-2-1-3-6-11/h1-3,5-6,12-13H,4,7-10,14H2/t12-,13-/m1/s1. The van der Waals surface area contributed by atoms with Crippen molar-refractivity contribution in [2.75, 3.05) is 0 Å². The Balaban J connectivity index is 1.91. The highest BCUT2D eigenvalue weighted by Gasteiger charge is 2.18. The van der Waals surface area contributed by atoms with Crippen molar-refractivity contribution in [1.82, 2.24) is 0 Å². The Morgan fingerprint density at radius 2 is 1.93 bits per heavy atom. The molecule has 1 nitrogen and oxygen atoms in total. The maximum Gasteiger partial charge on any atom is 0.00415 e. The fourth-order valence-corrected chi connectivity index (χ4v) is 2.47. The summed E-state index contributed by atoms with van der Waals surface area (Å²) in [5.41, 5.74) is 7.44. The van der Waals surface area contributed by atoms with Gasteiger partial charge in [0.25, 0.3) is 0 Å². The van der Waals surface area contributed by atoms with Crippen LogP contribution in [0.25, 0.3) is 0 Å². The molecule has 1 saturated carbocycles. The van der Waals surface area contributed by atoms with Crippen LogP contribution in [-0.4, -0.2) is 6.04 Å². The average Bonchev–Trinajstić information content (AvgIpc) is 2.19. The zero-order valence-electron chi connectivity index (χ0n) is 8.65. The quantitative estimate of drug-likeness (QED) is 0.760. The molecule has 1 aliphatic rings. The molecule has 0 aliphatic heterocycles. The van der Waals surface area contributed by atoms with Gasteiger partial charge < -0.3 is 5.73 Å². The van der Waals surface area contributed by atoms with E-state index in [9.17, 15) is 0 Å². The number of benzene rings is 1. The Labute approximate surface area is 86.3 Å². The van der Waals surface area contributed by atoms with Gasteiger partial charge in [-0.2, -0.15) is 0 Å². The van der Waals surface area contributed by atoms with Gasteiger partial charge in [0.15, 0.2) is 0 Å². The summed E-state index contributed by atoms with van der Waals surface area (Å²) in [6.45, 7) is 0. The minimum Gasteiger partial charge on any atom is -0.328 e. The third-order valence-corrected chi connectivity index (χ3v) is 3.19. The molecule has 1 aromatic rings. The van der Waals surface area contributed by atoms with Gasteiger partial charge in [0, 0.05) is 6.04 Å². The second-order valence-electron chi connectivity index (χ2n) is 4.48. The monoisotopic (exact) mass is 189 g/mol. The summed E-state index contributed by atoms with van der Waals surface area (Å²) in [5, 5.41) is 0. The first-order chi connectivity index (χ1) is 6.84. The molecule has 0 aromatic heterocycles. The van der Waals surface area contributed by atoms with Gasteiger partial charge in [-0.05, 0) is 30.7 Å². The van der Waals surface area contributed by atoms with E-state index >= 15 is 0 Å². The van der Waals surface area contributed by atoms with E-state index < -0.39 is 0 Å². The van der Waals surface area contributed by atoms with Crippen molar-refractivity contribution in [2.24, 2.45) is 11.7 Å². The van der Waals surface area contributed by atoms with Gasteiger partial charge in [-0.25, -0.2) is 0 Å².